The Morgan fingerprint density at radius 3 is 2.95 bits per heavy atom. The molecule has 21 heavy (non-hydrogen) atoms. The molecule has 110 valence electrons. The minimum absolute atomic E-state index is 0.0922. The van der Waals surface area contributed by atoms with Crippen LogP contribution >= 0.6 is 0 Å². The van der Waals surface area contributed by atoms with E-state index in [-0.39, 0.29) is 12.0 Å². The fourth-order valence-corrected chi connectivity index (χ4v) is 2.00. The van der Waals surface area contributed by atoms with Gasteiger partial charge in [0.15, 0.2) is 12.0 Å². The SMILES string of the molecule is NC(=O)c1n[nH]nc1-c1cccc(OCC2OCCO2)c1. The fraction of sp³-hybridized carbons (Fsp3) is 0.308. The molecule has 0 bridgehead atoms. The van der Waals surface area contributed by atoms with Crippen LogP contribution in [0.4, 0.5) is 0 Å². The summed E-state index contributed by atoms with van der Waals surface area (Å²) in [5.41, 5.74) is 6.42. The highest BCUT2D eigenvalue weighted by Crippen LogP contribution is 2.24. The average Bonchev–Trinajstić information content (AvgIpc) is 3.16. The van der Waals surface area contributed by atoms with Gasteiger partial charge in [-0.05, 0) is 12.1 Å². The molecule has 1 aliphatic heterocycles. The lowest BCUT2D eigenvalue weighted by Crippen LogP contribution is -2.18. The second kappa shape index (κ2) is 5.90. The van der Waals surface area contributed by atoms with E-state index in [1.807, 2.05) is 0 Å². The quantitative estimate of drug-likeness (QED) is 0.820. The summed E-state index contributed by atoms with van der Waals surface area (Å²) in [6.07, 6.45) is -0.345. The van der Waals surface area contributed by atoms with Crippen molar-refractivity contribution >= 4 is 5.91 Å². The molecule has 1 aromatic carbocycles. The van der Waals surface area contributed by atoms with E-state index in [0.717, 1.165) is 0 Å². The lowest BCUT2D eigenvalue weighted by molar-refractivity contribution is -0.0684. The van der Waals surface area contributed by atoms with Gasteiger partial charge in [0.1, 0.15) is 18.1 Å². The van der Waals surface area contributed by atoms with E-state index in [0.29, 0.717) is 36.8 Å². The lowest BCUT2D eigenvalue weighted by atomic mass is 10.1. The van der Waals surface area contributed by atoms with Gasteiger partial charge in [-0.1, -0.05) is 12.1 Å². The number of primary amides is 1. The molecule has 8 nitrogen and oxygen atoms in total. The van der Waals surface area contributed by atoms with E-state index in [4.69, 9.17) is 19.9 Å². The summed E-state index contributed by atoms with van der Waals surface area (Å²) in [4.78, 5) is 11.3. The standard InChI is InChI=1S/C13H14N4O4/c14-13(18)12-11(15-17-16-12)8-2-1-3-9(6-8)21-7-10-19-4-5-20-10/h1-3,6,10H,4-5,7H2,(H2,14,18)(H,15,16,17). The van der Waals surface area contributed by atoms with E-state index in [1.165, 1.54) is 0 Å². The topological polar surface area (TPSA) is 112 Å². The zero-order chi connectivity index (χ0) is 14.7. The zero-order valence-corrected chi connectivity index (χ0v) is 11.1. The van der Waals surface area contributed by atoms with Gasteiger partial charge in [-0.15, -0.1) is 0 Å². The number of nitrogens with one attached hydrogen (secondary N) is 1. The highest BCUT2D eigenvalue weighted by atomic mass is 16.7. The molecule has 1 amide bonds. The molecule has 3 N–H and O–H groups in total. The van der Waals surface area contributed by atoms with Crippen LogP contribution in [0.25, 0.3) is 11.3 Å². The van der Waals surface area contributed by atoms with Gasteiger partial charge in [0.2, 0.25) is 0 Å². The van der Waals surface area contributed by atoms with Gasteiger partial charge >= 0.3 is 0 Å². The van der Waals surface area contributed by atoms with E-state index in [2.05, 4.69) is 15.4 Å². The van der Waals surface area contributed by atoms with Gasteiger partial charge in [-0.3, -0.25) is 4.79 Å². The van der Waals surface area contributed by atoms with Crippen LogP contribution in [0.2, 0.25) is 0 Å². The lowest BCUT2D eigenvalue weighted by Gasteiger charge is -2.11. The maximum absolute atomic E-state index is 11.3. The number of aromatic amines is 1. The number of amides is 1. The summed E-state index contributed by atoms with van der Waals surface area (Å²) in [7, 11) is 0. The minimum Gasteiger partial charge on any atom is -0.488 e. The molecule has 0 aliphatic carbocycles. The van der Waals surface area contributed by atoms with Gasteiger partial charge in [0.05, 0.1) is 13.2 Å². The van der Waals surface area contributed by atoms with Crippen molar-refractivity contribution in [3.05, 3.63) is 30.0 Å². The van der Waals surface area contributed by atoms with Crippen LogP contribution in [0.15, 0.2) is 24.3 Å². The van der Waals surface area contributed by atoms with Crippen LogP contribution in [0.1, 0.15) is 10.5 Å². The number of H-pyrrole nitrogens is 1. The molecule has 8 heteroatoms. The number of ether oxygens (including phenoxy) is 3. The van der Waals surface area contributed by atoms with Crippen molar-refractivity contribution in [2.24, 2.45) is 5.73 Å². The maximum Gasteiger partial charge on any atom is 0.271 e. The molecule has 0 spiro atoms. The smallest absolute Gasteiger partial charge is 0.271 e. The van der Waals surface area contributed by atoms with E-state index in [1.54, 1.807) is 24.3 Å². The minimum atomic E-state index is -0.641. The molecular weight excluding hydrogens is 276 g/mol. The number of nitrogens with zero attached hydrogens (tertiary/aromatic N) is 2. The Kier molecular flexibility index (Phi) is 3.80. The third kappa shape index (κ3) is 3.01. The van der Waals surface area contributed by atoms with Gasteiger partial charge in [-0.25, -0.2) is 0 Å². The van der Waals surface area contributed by atoms with Crippen LogP contribution in [0.5, 0.6) is 5.75 Å². The van der Waals surface area contributed by atoms with Crippen molar-refractivity contribution in [2.75, 3.05) is 19.8 Å². The summed E-state index contributed by atoms with van der Waals surface area (Å²) in [5, 5.41) is 10.1. The average molecular weight is 290 g/mol. The van der Waals surface area contributed by atoms with Gasteiger partial charge < -0.3 is 19.9 Å². The highest BCUT2D eigenvalue weighted by Gasteiger charge is 2.18. The molecule has 3 rings (SSSR count). The highest BCUT2D eigenvalue weighted by molar-refractivity contribution is 5.96. The summed E-state index contributed by atoms with van der Waals surface area (Å²) in [6.45, 7) is 1.45. The zero-order valence-electron chi connectivity index (χ0n) is 11.1. The first kappa shape index (κ1) is 13.5. The summed E-state index contributed by atoms with van der Waals surface area (Å²) < 4.78 is 16.2. The van der Waals surface area contributed by atoms with Gasteiger partial charge in [0.25, 0.3) is 5.91 Å². The van der Waals surface area contributed by atoms with Crippen LogP contribution in [-0.4, -0.2) is 47.4 Å². The first-order valence-corrected chi connectivity index (χ1v) is 6.41. The molecule has 2 aromatic rings. The first-order chi connectivity index (χ1) is 10.2. The molecule has 1 fully saturated rings. The molecule has 0 saturated carbocycles. The number of aromatic nitrogens is 3. The Bertz CT molecular complexity index is 637. The molecule has 1 saturated heterocycles. The van der Waals surface area contributed by atoms with E-state index in [9.17, 15) is 4.79 Å². The molecule has 1 aromatic heterocycles. The largest absolute Gasteiger partial charge is 0.488 e. The Labute approximate surface area is 120 Å². The molecular formula is C13H14N4O4. The summed E-state index contributed by atoms with van der Waals surface area (Å²) >= 11 is 0. The van der Waals surface area contributed by atoms with E-state index >= 15 is 0 Å². The van der Waals surface area contributed by atoms with Crippen LogP contribution < -0.4 is 10.5 Å². The van der Waals surface area contributed by atoms with Crippen molar-refractivity contribution in [1.82, 2.24) is 15.4 Å². The van der Waals surface area contributed by atoms with Crippen molar-refractivity contribution in [2.45, 2.75) is 6.29 Å². The third-order valence-corrected chi connectivity index (χ3v) is 2.97. The van der Waals surface area contributed by atoms with Crippen LogP contribution in [0.3, 0.4) is 0 Å². The van der Waals surface area contributed by atoms with Crippen molar-refractivity contribution < 1.29 is 19.0 Å². The third-order valence-electron chi connectivity index (χ3n) is 2.97. The summed E-state index contributed by atoms with van der Waals surface area (Å²) in [5.74, 6) is -0.0251. The van der Waals surface area contributed by atoms with Crippen LogP contribution in [-0.2, 0) is 9.47 Å². The number of nitrogens with two attached hydrogens (primary N) is 1. The summed E-state index contributed by atoms with van der Waals surface area (Å²) in [6, 6.07) is 7.13. The monoisotopic (exact) mass is 290 g/mol. The number of rotatable bonds is 5. The number of hydrogen-bond donors (Lipinski definition) is 2. The Morgan fingerprint density at radius 2 is 2.19 bits per heavy atom. The number of hydrogen-bond acceptors (Lipinski definition) is 6. The Balaban J connectivity index is 1.76. The number of benzene rings is 1. The first-order valence-electron chi connectivity index (χ1n) is 6.41. The van der Waals surface area contributed by atoms with Crippen molar-refractivity contribution in [3.8, 4) is 17.0 Å². The molecule has 0 atom stereocenters. The molecule has 1 aliphatic rings. The second-order valence-electron chi connectivity index (χ2n) is 4.40. The Hall–Kier alpha value is -2.45. The predicted molar refractivity (Wildman–Crippen MR) is 71.5 cm³/mol. The number of carbonyl (C=O) groups is 1. The normalized spacial score (nSPS) is 15.2. The molecule has 0 radical (unpaired) electrons. The molecule has 2 heterocycles. The Morgan fingerprint density at radius 1 is 1.38 bits per heavy atom. The second-order valence-corrected chi connectivity index (χ2v) is 4.40. The maximum atomic E-state index is 11.3. The predicted octanol–water partition coefficient (Wildman–Crippen LogP) is 0.322. The van der Waals surface area contributed by atoms with Gasteiger partial charge in [0, 0.05) is 5.56 Å². The van der Waals surface area contributed by atoms with Crippen molar-refractivity contribution in [1.29, 1.82) is 0 Å². The van der Waals surface area contributed by atoms with Crippen molar-refractivity contribution in [3.63, 3.8) is 0 Å². The number of carbonyl (C=O) groups excluding carboxylic acids is 1. The van der Waals surface area contributed by atoms with E-state index < -0.39 is 5.91 Å². The van der Waals surface area contributed by atoms with Gasteiger partial charge in [-0.2, -0.15) is 15.4 Å². The van der Waals surface area contributed by atoms with Crippen LogP contribution in [0, 0.1) is 0 Å². The molecule has 0 unspecified atom stereocenters. The fourth-order valence-electron chi connectivity index (χ4n) is 2.00.